The number of hydrogen-bond acceptors (Lipinski definition) is 0. The Labute approximate surface area is 44.6 Å². The summed E-state index contributed by atoms with van der Waals surface area (Å²) in [6.07, 6.45) is 0. The van der Waals surface area contributed by atoms with Gasteiger partial charge in [-0.3, -0.25) is 0 Å². The molecule has 0 aliphatic heterocycles. The molecule has 0 bridgehead atoms. The maximum absolute atomic E-state index is 0. The van der Waals surface area contributed by atoms with Crippen LogP contribution in [0.4, 0.5) is 0 Å². The summed E-state index contributed by atoms with van der Waals surface area (Å²) in [5, 5.41) is 0. The first-order valence-electron chi connectivity index (χ1n) is 0. The summed E-state index contributed by atoms with van der Waals surface area (Å²) < 4.78 is 0. The second-order valence-corrected chi connectivity index (χ2v) is 0. The molecule has 0 unspecified atom stereocenters. The van der Waals surface area contributed by atoms with Crippen molar-refractivity contribution in [1.29, 1.82) is 0 Å². The molecule has 0 saturated carbocycles. The third-order valence-corrected chi connectivity index (χ3v) is 0. The van der Waals surface area contributed by atoms with Crippen LogP contribution in [0.2, 0.25) is 0 Å². The normalized spacial score (nSPS) is 0. The first-order valence-corrected chi connectivity index (χ1v) is 0. The molecular formula is Al2F2+4. The van der Waals surface area contributed by atoms with Crippen molar-refractivity contribution < 1.29 is 9.41 Å². The fourth-order valence-electron chi connectivity index (χ4n) is 0. The van der Waals surface area contributed by atoms with Gasteiger partial charge in [0.05, 0.1) is 0 Å². The molecule has 0 rings (SSSR count). The summed E-state index contributed by atoms with van der Waals surface area (Å²) in [7, 11) is 0. The molecule has 0 amide bonds. The van der Waals surface area contributed by atoms with Crippen LogP contribution in [0.1, 0.15) is 0 Å². The van der Waals surface area contributed by atoms with Gasteiger partial charge in [-0.2, -0.15) is 0 Å². The molecule has 0 saturated heterocycles. The fourth-order valence-corrected chi connectivity index (χ4v) is 0. The summed E-state index contributed by atoms with van der Waals surface area (Å²) in [5.41, 5.74) is 0. The number of rotatable bonds is 0. The zero-order chi connectivity index (χ0) is 0. The summed E-state index contributed by atoms with van der Waals surface area (Å²) in [5.74, 6) is 0. The molecule has 0 aromatic heterocycles. The van der Waals surface area contributed by atoms with Crippen LogP contribution in [-0.4, -0.2) is 34.7 Å². The van der Waals surface area contributed by atoms with Crippen LogP contribution < -0.4 is 9.41 Å². The van der Waals surface area contributed by atoms with Gasteiger partial charge in [0.2, 0.25) is 0 Å². The van der Waals surface area contributed by atoms with Crippen molar-refractivity contribution in [3.8, 4) is 0 Å². The average Bonchev–Trinajstić information content (AvgIpc) is 0. The Morgan fingerprint density at radius 1 is 0.500 bits per heavy atom. The van der Waals surface area contributed by atoms with Gasteiger partial charge in [0.25, 0.3) is 0 Å². The summed E-state index contributed by atoms with van der Waals surface area (Å²) in [6.45, 7) is 0. The van der Waals surface area contributed by atoms with Crippen LogP contribution >= 0.6 is 0 Å². The van der Waals surface area contributed by atoms with Crippen molar-refractivity contribution in [2.45, 2.75) is 0 Å². The smallest absolute Gasteiger partial charge is 1.00 e. The minimum absolute atomic E-state index is 0. The Bertz CT molecular complexity index is 4.00. The zero-order valence-electron chi connectivity index (χ0n) is 1.91. The van der Waals surface area contributed by atoms with Crippen molar-refractivity contribution in [1.82, 2.24) is 0 Å². The second kappa shape index (κ2) is 39.3. The average molecular weight is 92.0 g/mol. The van der Waals surface area contributed by atoms with Crippen LogP contribution in [0, 0.1) is 0 Å². The molecule has 4 heteroatoms. The minimum atomic E-state index is 0. The topological polar surface area (TPSA) is 0 Å². The van der Waals surface area contributed by atoms with Gasteiger partial charge in [-0.1, -0.05) is 0 Å². The Balaban J connectivity index is 0. The third kappa shape index (κ3) is 12.7. The molecular weight excluding hydrogens is 92.0 g/mol. The summed E-state index contributed by atoms with van der Waals surface area (Å²) in [6, 6.07) is 0. The van der Waals surface area contributed by atoms with Gasteiger partial charge in [-0.15, -0.1) is 0 Å². The van der Waals surface area contributed by atoms with E-state index >= 15 is 0 Å². The maximum atomic E-state index is 0. The zero-order valence-corrected chi connectivity index (χ0v) is 4.22. The monoisotopic (exact) mass is 92.0 g/mol. The van der Waals surface area contributed by atoms with Crippen LogP contribution in [-0.2, 0) is 0 Å². The van der Waals surface area contributed by atoms with E-state index in [1.54, 1.807) is 0 Å². The SMILES string of the molecule is [Al+3].[Al+3].[F-].[F-]. The Morgan fingerprint density at radius 3 is 0.500 bits per heavy atom. The largest absolute Gasteiger partial charge is 3.00 e. The first kappa shape index (κ1) is 88.7. The van der Waals surface area contributed by atoms with Crippen molar-refractivity contribution in [2.24, 2.45) is 0 Å². The van der Waals surface area contributed by atoms with Crippen molar-refractivity contribution in [3.05, 3.63) is 0 Å². The first-order chi connectivity index (χ1) is 0. The van der Waals surface area contributed by atoms with Crippen LogP contribution in [0.5, 0.6) is 0 Å². The van der Waals surface area contributed by atoms with Crippen LogP contribution in [0.25, 0.3) is 0 Å². The summed E-state index contributed by atoms with van der Waals surface area (Å²) >= 11 is 0. The van der Waals surface area contributed by atoms with E-state index in [9.17, 15) is 0 Å². The molecule has 0 aromatic rings. The van der Waals surface area contributed by atoms with E-state index in [0.29, 0.717) is 0 Å². The summed E-state index contributed by atoms with van der Waals surface area (Å²) in [4.78, 5) is 0. The number of hydrogen-bond donors (Lipinski definition) is 0. The molecule has 0 fully saturated rings. The minimum Gasteiger partial charge on any atom is -1.00 e. The van der Waals surface area contributed by atoms with E-state index in [-0.39, 0.29) is 44.1 Å². The third-order valence-electron chi connectivity index (χ3n) is 0. The Kier molecular flexibility index (Phi) is 870. The molecule has 0 spiro atoms. The van der Waals surface area contributed by atoms with Crippen LogP contribution in [0.15, 0.2) is 0 Å². The van der Waals surface area contributed by atoms with E-state index in [1.807, 2.05) is 0 Å². The molecule has 0 radical (unpaired) electrons. The van der Waals surface area contributed by atoms with Gasteiger partial charge >= 0.3 is 34.7 Å². The molecule has 0 heterocycles. The van der Waals surface area contributed by atoms with E-state index < -0.39 is 0 Å². The Morgan fingerprint density at radius 2 is 0.500 bits per heavy atom. The van der Waals surface area contributed by atoms with Gasteiger partial charge in [-0.25, -0.2) is 0 Å². The molecule has 0 nitrogen and oxygen atoms in total. The molecule has 16 valence electrons. The molecule has 0 aliphatic carbocycles. The van der Waals surface area contributed by atoms with Gasteiger partial charge < -0.3 is 9.41 Å². The standard InChI is InChI=1S/2Al.2FH/h;;2*1H/q2*+3;;/p-2. The van der Waals surface area contributed by atoms with Crippen molar-refractivity contribution in [3.63, 3.8) is 0 Å². The number of halogens is 2. The molecule has 0 aliphatic rings. The van der Waals surface area contributed by atoms with Gasteiger partial charge in [0, 0.05) is 0 Å². The molecule has 0 atom stereocenters. The van der Waals surface area contributed by atoms with Gasteiger partial charge in [-0.05, 0) is 0 Å². The molecule has 0 aromatic carbocycles. The second-order valence-electron chi connectivity index (χ2n) is 0. The van der Waals surface area contributed by atoms with Crippen molar-refractivity contribution in [2.75, 3.05) is 0 Å². The van der Waals surface area contributed by atoms with Gasteiger partial charge in [0.1, 0.15) is 0 Å². The maximum Gasteiger partial charge on any atom is 3.00 e. The van der Waals surface area contributed by atoms with E-state index in [4.69, 9.17) is 0 Å². The predicted octanol–water partition coefficient (Wildman–Crippen LogP) is -6.75. The molecule has 0 N–H and O–H groups in total. The predicted molar refractivity (Wildman–Crippen MR) is 11.5 cm³/mol. The van der Waals surface area contributed by atoms with Gasteiger partial charge in [0.15, 0.2) is 0 Å². The van der Waals surface area contributed by atoms with E-state index in [0.717, 1.165) is 0 Å². The fraction of sp³-hybridized carbons (Fsp3) is 0. The van der Waals surface area contributed by atoms with Crippen LogP contribution in [0.3, 0.4) is 0 Å². The quantitative estimate of drug-likeness (QED) is 0.260. The molecule has 4 heavy (non-hydrogen) atoms. The Hall–Kier alpha value is 0.925. The van der Waals surface area contributed by atoms with E-state index in [1.165, 1.54) is 0 Å². The van der Waals surface area contributed by atoms with E-state index in [2.05, 4.69) is 0 Å². The van der Waals surface area contributed by atoms with Crippen molar-refractivity contribution >= 4 is 34.7 Å².